The van der Waals surface area contributed by atoms with Crippen molar-refractivity contribution in [3.63, 3.8) is 0 Å². The normalized spacial score (nSPS) is 22.4. The van der Waals surface area contributed by atoms with Gasteiger partial charge in [-0.15, -0.1) is 0 Å². The molecule has 0 N–H and O–H groups in total. The summed E-state index contributed by atoms with van der Waals surface area (Å²) in [5.74, 6) is 1.41. The molecular formula is C20H22BrNO. The third-order valence-corrected chi connectivity index (χ3v) is 5.67. The number of rotatable bonds is 4. The summed E-state index contributed by atoms with van der Waals surface area (Å²) in [7, 11) is 0. The molecule has 23 heavy (non-hydrogen) atoms. The number of halogens is 1. The van der Waals surface area contributed by atoms with Gasteiger partial charge in [-0.3, -0.25) is 4.79 Å². The third-order valence-electron chi connectivity index (χ3n) is 5.18. The molecule has 0 amide bonds. The van der Waals surface area contributed by atoms with Crippen LogP contribution in [0.25, 0.3) is 10.8 Å². The minimum absolute atomic E-state index is 0.176. The van der Waals surface area contributed by atoms with Crippen LogP contribution in [0.4, 0.5) is 0 Å². The highest BCUT2D eigenvalue weighted by atomic mass is 79.9. The molecule has 0 aromatic heterocycles. The Morgan fingerprint density at radius 2 is 1.87 bits per heavy atom. The molecule has 1 aliphatic carbocycles. The van der Waals surface area contributed by atoms with Gasteiger partial charge in [-0.05, 0) is 67.1 Å². The van der Waals surface area contributed by atoms with E-state index < -0.39 is 0 Å². The van der Waals surface area contributed by atoms with E-state index in [0.29, 0.717) is 5.78 Å². The monoisotopic (exact) mass is 371 g/mol. The number of nitrogens with zero attached hydrogens (tertiary/aromatic N) is 1. The molecule has 3 heteroatoms. The topological polar surface area (TPSA) is 20.3 Å². The quantitative estimate of drug-likeness (QED) is 0.711. The Labute approximate surface area is 146 Å². The van der Waals surface area contributed by atoms with Crippen molar-refractivity contribution in [3.05, 3.63) is 46.4 Å². The molecule has 2 aromatic carbocycles. The van der Waals surface area contributed by atoms with Crippen molar-refractivity contribution in [2.75, 3.05) is 19.6 Å². The van der Waals surface area contributed by atoms with E-state index >= 15 is 0 Å². The van der Waals surface area contributed by atoms with E-state index in [9.17, 15) is 4.79 Å². The first-order valence-corrected chi connectivity index (χ1v) is 9.44. The molecule has 120 valence electrons. The van der Waals surface area contributed by atoms with Gasteiger partial charge in [0.15, 0.2) is 5.78 Å². The molecular weight excluding hydrogens is 350 g/mol. The van der Waals surface area contributed by atoms with E-state index in [4.69, 9.17) is 0 Å². The number of benzene rings is 2. The van der Waals surface area contributed by atoms with Gasteiger partial charge in [0.05, 0.1) is 0 Å². The van der Waals surface area contributed by atoms with Gasteiger partial charge >= 0.3 is 0 Å². The molecule has 1 unspecified atom stereocenters. The Morgan fingerprint density at radius 1 is 1.09 bits per heavy atom. The number of hydrogen-bond donors (Lipinski definition) is 0. The molecule has 1 saturated heterocycles. The molecule has 1 heterocycles. The Kier molecular flexibility index (Phi) is 4.25. The smallest absolute Gasteiger partial charge is 0.167 e. The lowest BCUT2D eigenvalue weighted by Crippen LogP contribution is -2.39. The zero-order chi connectivity index (χ0) is 15.8. The molecule has 1 saturated carbocycles. The highest BCUT2D eigenvalue weighted by Crippen LogP contribution is 2.32. The Morgan fingerprint density at radius 3 is 2.70 bits per heavy atom. The minimum Gasteiger partial charge on any atom is -0.302 e. The summed E-state index contributed by atoms with van der Waals surface area (Å²) in [6.45, 7) is 3.33. The summed E-state index contributed by atoms with van der Waals surface area (Å²) in [6, 6.07) is 12.3. The Balaban J connectivity index is 1.52. The van der Waals surface area contributed by atoms with Crippen molar-refractivity contribution in [1.29, 1.82) is 0 Å². The first-order chi connectivity index (χ1) is 11.2. The third kappa shape index (κ3) is 3.51. The minimum atomic E-state index is 0.176. The van der Waals surface area contributed by atoms with Crippen LogP contribution in [-0.2, 0) is 0 Å². The van der Waals surface area contributed by atoms with Crippen molar-refractivity contribution in [1.82, 2.24) is 4.90 Å². The fraction of sp³-hybridized carbons (Fsp3) is 0.450. The van der Waals surface area contributed by atoms with Crippen LogP contribution in [0.15, 0.2) is 40.9 Å². The summed E-state index contributed by atoms with van der Waals surface area (Å²) < 4.78 is 1.08. The van der Waals surface area contributed by atoms with Crippen LogP contribution in [-0.4, -0.2) is 30.3 Å². The molecule has 2 nitrogen and oxygen atoms in total. The fourth-order valence-corrected chi connectivity index (χ4v) is 4.09. The van der Waals surface area contributed by atoms with Gasteiger partial charge in [-0.2, -0.15) is 0 Å². The Hall–Kier alpha value is -1.19. The van der Waals surface area contributed by atoms with E-state index in [2.05, 4.69) is 45.1 Å². The standard InChI is InChI=1S/C20H22BrNO/c21-19-8-7-15-10-17(6-5-16(15)11-19)20(23)18-2-1-9-22(13-18)12-14-3-4-14/h5-8,10-11,14,18H,1-4,9,12-13H2. The second kappa shape index (κ2) is 6.37. The summed E-state index contributed by atoms with van der Waals surface area (Å²) in [4.78, 5) is 15.4. The lowest BCUT2D eigenvalue weighted by atomic mass is 9.89. The number of hydrogen-bond acceptors (Lipinski definition) is 2. The van der Waals surface area contributed by atoms with Gasteiger partial charge < -0.3 is 4.90 Å². The van der Waals surface area contributed by atoms with Crippen LogP contribution in [0.1, 0.15) is 36.0 Å². The average molecular weight is 372 g/mol. The number of likely N-dealkylation sites (tertiary alicyclic amines) is 1. The average Bonchev–Trinajstić information content (AvgIpc) is 3.38. The molecule has 0 bridgehead atoms. The fourth-order valence-electron chi connectivity index (χ4n) is 3.71. The largest absolute Gasteiger partial charge is 0.302 e. The number of piperidine rings is 1. The highest BCUT2D eigenvalue weighted by molar-refractivity contribution is 9.10. The second-order valence-corrected chi connectivity index (χ2v) is 8.03. The van der Waals surface area contributed by atoms with Crippen LogP contribution in [0.5, 0.6) is 0 Å². The number of carbonyl (C=O) groups is 1. The zero-order valence-electron chi connectivity index (χ0n) is 13.3. The van der Waals surface area contributed by atoms with Crippen molar-refractivity contribution in [2.24, 2.45) is 11.8 Å². The van der Waals surface area contributed by atoms with E-state index in [1.54, 1.807) is 0 Å². The predicted molar refractivity (Wildman–Crippen MR) is 97.9 cm³/mol. The van der Waals surface area contributed by atoms with Crippen LogP contribution in [0, 0.1) is 11.8 Å². The summed E-state index contributed by atoms with van der Waals surface area (Å²) in [5.41, 5.74) is 0.873. The van der Waals surface area contributed by atoms with Gasteiger partial charge in [0.2, 0.25) is 0 Å². The number of Topliss-reactive ketones (excluding diaryl/α,β-unsaturated/α-hetero) is 1. The van der Waals surface area contributed by atoms with Gasteiger partial charge in [0, 0.05) is 29.0 Å². The van der Waals surface area contributed by atoms with E-state index in [1.165, 1.54) is 31.3 Å². The van der Waals surface area contributed by atoms with Gasteiger partial charge in [0.25, 0.3) is 0 Å². The number of ketones is 1. The maximum atomic E-state index is 12.9. The SMILES string of the molecule is O=C(c1ccc2cc(Br)ccc2c1)C1CCCN(CC2CC2)C1. The lowest BCUT2D eigenvalue weighted by Gasteiger charge is -2.32. The van der Waals surface area contributed by atoms with Crippen LogP contribution >= 0.6 is 15.9 Å². The summed E-state index contributed by atoms with van der Waals surface area (Å²) in [6.07, 6.45) is 4.97. The van der Waals surface area contributed by atoms with Crippen molar-refractivity contribution < 1.29 is 4.79 Å². The van der Waals surface area contributed by atoms with Crippen molar-refractivity contribution in [2.45, 2.75) is 25.7 Å². The van der Waals surface area contributed by atoms with Crippen LogP contribution in [0.2, 0.25) is 0 Å². The summed E-state index contributed by atoms with van der Waals surface area (Å²) in [5, 5.41) is 2.32. The zero-order valence-corrected chi connectivity index (χ0v) is 14.9. The molecule has 1 atom stereocenters. The van der Waals surface area contributed by atoms with Crippen LogP contribution in [0.3, 0.4) is 0 Å². The maximum absolute atomic E-state index is 12.9. The molecule has 2 aromatic rings. The molecule has 4 rings (SSSR count). The van der Waals surface area contributed by atoms with Crippen molar-refractivity contribution in [3.8, 4) is 0 Å². The number of fused-ring (bicyclic) bond motifs is 1. The molecule has 0 radical (unpaired) electrons. The summed E-state index contributed by atoms with van der Waals surface area (Å²) >= 11 is 3.50. The van der Waals surface area contributed by atoms with E-state index in [1.807, 2.05) is 12.1 Å². The second-order valence-electron chi connectivity index (χ2n) is 7.11. The molecule has 1 aliphatic heterocycles. The molecule has 0 spiro atoms. The van der Waals surface area contributed by atoms with Gasteiger partial charge in [-0.1, -0.05) is 34.1 Å². The first-order valence-electron chi connectivity index (χ1n) is 8.65. The van der Waals surface area contributed by atoms with Crippen LogP contribution < -0.4 is 0 Å². The highest BCUT2D eigenvalue weighted by Gasteiger charge is 2.30. The molecule has 2 aliphatic rings. The van der Waals surface area contributed by atoms with Gasteiger partial charge in [0.1, 0.15) is 0 Å². The Bertz CT molecular complexity index is 737. The predicted octanol–water partition coefficient (Wildman–Crippen LogP) is 4.91. The van der Waals surface area contributed by atoms with E-state index in [-0.39, 0.29) is 5.92 Å². The molecule has 2 fully saturated rings. The van der Waals surface area contributed by atoms with E-state index in [0.717, 1.165) is 40.7 Å². The van der Waals surface area contributed by atoms with Crippen molar-refractivity contribution >= 4 is 32.5 Å². The maximum Gasteiger partial charge on any atom is 0.167 e. The first kappa shape index (κ1) is 15.3. The lowest BCUT2D eigenvalue weighted by molar-refractivity contribution is 0.0815. The number of carbonyl (C=O) groups excluding carboxylic acids is 1. The van der Waals surface area contributed by atoms with Gasteiger partial charge in [-0.25, -0.2) is 0 Å².